The summed E-state index contributed by atoms with van der Waals surface area (Å²) in [4.78, 5) is 38.7. The van der Waals surface area contributed by atoms with Crippen molar-refractivity contribution in [2.45, 2.75) is 19.8 Å². The largest absolute Gasteiger partial charge is 0.497 e. The van der Waals surface area contributed by atoms with Crippen molar-refractivity contribution in [3.8, 4) is 5.75 Å². The molecule has 2 N–H and O–H groups in total. The third-order valence-corrected chi connectivity index (χ3v) is 3.34. The molecule has 9 heteroatoms. The monoisotopic (exact) mass is 378 g/mol. The Morgan fingerprint density at radius 2 is 1.96 bits per heavy atom. The molecule has 0 radical (unpaired) electrons. The predicted molar refractivity (Wildman–Crippen MR) is 99.0 cm³/mol. The Labute approximate surface area is 157 Å². The van der Waals surface area contributed by atoms with E-state index < -0.39 is 23.6 Å². The second-order valence-corrected chi connectivity index (χ2v) is 5.48. The highest BCUT2D eigenvalue weighted by molar-refractivity contribution is 6.09. The summed E-state index contributed by atoms with van der Waals surface area (Å²) in [5, 5.41) is 4.79. The highest BCUT2D eigenvalue weighted by atomic mass is 19.1. The lowest BCUT2D eigenvalue weighted by atomic mass is 10.1. The van der Waals surface area contributed by atoms with Crippen LogP contribution in [0, 0.1) is 0 Å². The standard InChI is InChI=1S/C18H23FN4O4/c1-4-9-20-18(26)23(2)11-15(19)17(21-12-24)22-16(25)10-13-5-7-14(27-3)8-6-13/h5-8,11-12H,4,9-10H2,1-3H3,(H,20,26)(H,21,22,24,25)/b15-11+. The molecule has 146 valence electrons. The summed E-state index contributed by atoms with van der Waals surface area (Å²) in [5.41, 5.74) is 0.666. The Kier molecular flexibility index (Phi) is 9.21. The van der Waals surface area contributed by atoms with Crippen molar-refractivity contribution in [2.24, 2.45) is 4.99 Å². The Morgan fingerprint density at radius 1 is 1.30 bits per heavy atom. The second-order valence-electron chi connectivity index (χ2n) is 5.48. The summed E-state index contributed by atoms with van der Waals surface area (Å²) >= 11 is 0. The lowest BCUT2D eigenvalue weighted by Gasteiger charge is -2.14. The van der Waals surface area contributed by atoms with Gasteiger partial charge in [0, 0.05) is 19.8 Å². The molecular weight excluding hydrogens is 355 g/mol. The van der Waals surface area contributed by atoms with Gasteiger partial charge in [0.2, 0.25) is 12.3 Å². The number of benzene rings is 1. The van der Waals surface area contributed by atoms with Crippen LogP contribution in [0.15, 0.2) is 41.3 Å². The van der Waals surface area contributed by atoms with Gasteiger partial charge >= 0.3 is 6.03 Å². The third kappa shape index (κ3) is 7.68. The van der Waals surface area contributed by atoms with Crippen molar-refractivity contribution in [2.75, 3.05) is 20.7 Å². The molecule has 0 atom stereocenters. The highest BCUT2D eigenvalue weighted by Crippen LogP contribution is 2.11. The number of aliphatic imine (C=N–C) groups is 1. The average Bonchev–Trinajstić information content (AvgIpc) is 2.66. The van der Waals surface area contributed by atoms with Crippen LogP contribution in [-0.4, -0.2) is 49.8 Å². The number of carbonyl (C=O) groups is 3. The maximum absolute atomic E-state index is 14.3. The zero-order chi connectivity index (χ0) is 20.2. The van der Waals surface area contributed by atoms with E-state index in [9.17, 15) is 18.8 Å². The van der Waals surface area contributed by atoms with Crippen LogP contribution in [0.25, 0.3) is 0 Å². The molecule has 0 bridgehead atoms. The average molecular weight is 378 g/mol. The molecular formula is C18H23FN4O4. The number of hydrogen-bond donors (Lipinski definition) is 2. The van der Waals surface area contributed by atoms with Crippen molar-refractivity contribution in [3.05, 3.63) is 41.9 Å². The van der Waals surface area contributed by atoms with E-state index in [2.05, 4.69) is 15.6 Å². The molecule has 0 spiro atoms. The van der Waals surface area contributed by atoms with E-state index in [-0.39, 0.29) is 12.8 Å². The van der Waals surface area contributed by atoms with Crippen molar-refractivity contribution < 1.29 is 23.5 Å². The smallest absolute Gasteiger partial charge is 0.321 e. The number of amides is 4. The second kappa shape index (κ2) is 11.4. The highest BCUT2D eigenvalue weighted by Gasteiger charge is 2.14. The van der Waals surface area contributed by atoms with Crippen LogP contribution < -0.4 is 15.4 Å². The number of carbonyl (C=O) groups excluding carboxylic acids is 3. The number of methoxy groups -OCH3 is 1. The van der Waals surface area contributed by atoms with E-state index in [1.807, 2.05) is 6.92 Å². The third-order valence-electron chi connectivity index (χ3n) is 3.34. The number of rotatable bonds is 8. The molecule has 0 heterocycles. The van der Waals surface area contributed by atoms with Crippen LogP contribution >= 0.6 is 0 Å². The first-order valence-corrected chi connectivity index (χ1v) is 8.23. The molecule has 0 saturated heterocycles. The fourth-order valence-corrected chi connectivity index (χ4v) is 1.96. The SMILES string of the molecule is CCCNC(=O)N(C)/C=C(/F)C(=NC=O)NC(=O)Cc1ccc(OC)cc1. The van der Waals surface area contributed by atoms with E-state index >= 15 is 0 Å². The van der Waals surface area contributed by atoms with Gasteiger partial charge < -0.3 is 20.3 Å². The summed E-state index contributed by atoms with van der Waals surface area (Å²) in [7, 11) is 2.86. The van der Waals surface area contributed by atoms with Crippen LogP contribution in [0.3, 0.4) is 0 Å². The molecule has 0 aliphatic heterocycles. The van der Waals surface area contributed by atoms with Crippen molar-refractivity contribution >= 4 is 24.2 Å². The maximum atomic E-state index is 14.3. The molecule has 0 aliphatic rings. The molecule has 4 amide bonds. The van der Waals surface area contributed by atoms with Crippen LogP contribution in [0.4, 0.5) is 9.18 Å². The molecule has 0 unspecified atom stereocenters. The minimum atomic E-state index is -1.03. The summed E-state index contributed by atoms with van der Waals surface area (Å²) in [5.74, 6) is -1.53. The first-order chi connectivity index (χ1) is 12.9. The number of nitrogens with one attached hydrogen (secondary N) is 2. The Balaban J connectivity index is 2.77. The van der Waals surface area contributed by atoms with Gasteiger partial charge in [-0.1, -0.05) is 19.1 Å². The van der Waals surface area contributed by atoms with Gasteiger partial charge in [-0.15, -0.1) is 0 Å². The van der Waals surface area contributed by atoms with Crippen molar-refractivity contribution in [3.63, 3.8) is 0 Å². The van der Waals surface area contributed by atoms with Crippen molar-refractivity contribution in [1.29, 1.82) is 0 Å². The molecule has 27 heavy (non-hydrogen) atoms. The fourth-order valence-electron chi connectivity index (χ4n) is 1.96. The summed E-state index contributed by atoms with van der Waals surface area (Å²) < 4.78 is 19.3. The van der Waals surface area contributed by atoms with Gasteiger partial charge in [0.15, 0.2) is 11.7 Å². The van der Waals surface area contributed by atoms with Crippen LogP contribution in [0.5, 0.6) is 5.75 Å². The van der Waals surface area contributed by atoms with Gasteiger partial charge in [0.25, 0.3) is 0 Å². The fraction of sp³-hybridized carbons (Fsp3) is 0.333. The summed E-state index contributed by atoms with van der Waals surface area (Å²) in [6.45, 7) is 2.32. The normalized spacial score (nSPS) is 11.6. The molecule has 0 aliphatic carbocycles. The molecule has 1 aromatic carbocycles. The molecule has 8 nitrogen and oxygen atoms in total. The van der Waals surface area contributed by atoms with Gasteiger partial charge in [-0.2, -0.15) is 4.99 Å². The molecule has 0 fully saturated rings. The molecule has 1 aromatic rings. The van der Waals surface area contributed by atoms with Crippen LogP contribution in [0.1, 0.15) is 18.9 Å². The lowest BCUT2D eigenvalue weighted by Crippen LogP contribution is -2.36. The Bertz CT molecular complexity index is 717. The number of urea groups is 1. The number of ether oxygens (including phenoxy) is 1. The number of halogens is 1. The molecule has 0 aromatic heterocycles. The Morgan fingerprint density at radius 3 is 2.52 bits per heavy atom. The van der Waals surface area contributed by atoms with Gasteiger partial charge in [-0.05, 0) is 24.1 Å². The van der Waals surface area contributed by atoms with Crippen LogP contribution in [-0.2, 0) is 16.0 Å². The van der Waals surface area contributed by atoms with E-state index in [1.54, 1.807) is 24.3 Å². The first kappa shape index (κ1) is 21.8. The topological polar surface area (TPSA) is 100 Å². The summed E-state index contributed by atoms with van der Waals surface area (Å²) in [6, 6.07) is 6.22. The van der Waals surface area contributed by atoms with E-state index in [0.717, 1.165) is 17.5 Å². The van der Waals surface area contributed by atoms with E-state index in [1.165, 1.54) is 14.2 Å². The number of hydrogen-bond acceptors (Lipinski definition) is 4. The predicted octanol–water partition coefficient (Wildman–Crippen LogP) is 1.77. The van der Waals surface area contributed by atoms with Gasteiger partial charge in [0.1, 0.15) is 5.75 Å². The minimum Gasteiger partial charge on any atom is -0.497 e. The number of amidine groups is 1. The maximum Gasteiger partial charge on any atom is 0.321 e. The zero-order valence-electron chi connectivity index (χ0n) is 15.5. The van der Waals surface area contributed by atoms with Gasteiger partial charge in [-0.25, -0.2) is 9.18 Å². The van der Waals surface area contributed by atoms with Crippen molar-refractivity contribution in [1.82, 2.24) is 15.5 Å². The molecule has 0 saturated carbocycles. The zero-order valence-corrected chi connectivity index (χ0v) is 15.5. The molecule has 1 rings (SSSR count). The minimum absolute atomic E-state index is 0.0536. The summed E-state index contributed by atoms with van der Waals surface area (Å²) in [6.07, 6.45) is 1.61. The lowest BCUT2D eigenvalue weighted by molar-refractivity contribution is -0.119. The Hall–Kier alpha value is -3.23. The number of nitrogens with zero attached hydrogens (tertiary/aromatic N) is 2. The van der Waals surface area contributed by atoms with E-state index in [0.29, 0.717) is 17.9 Å². The van der Waals surface area contributed by atoms with Crippen LogP contribution in [0.2, 0.25) is 0 Å². The quantitative estimate of drug-likeness (QED) is 0.409. The first-order valence-electron chi connectivity index (χ1n) is 8.23. The van der Waals surface area contributed by atoms with Gasteiger partial charge in [-0.3, -0.25) is 9.59 Å². The van der Waals surface area contributed by atoms with Gasteiger partial charge in [0.05, 0.1) is 13.5 Å². The van der Waals surface area contributed by atoms with E-state index in [4.69, 9.17) is 4.74 Å².